The molecule has 6 heteroatoms. The van der Waals surface area contributed by atoms with Crippen LogP contribution in [0.1, 0.15) is 50.3 Å². The third-order valence-corrected chi connectivity index (χ3v) is 5.05. The van der Waals surface area contributed by atoms with Gasteiger partial charge in [0.15, 0.2) is 0 Å². The van der Waals surface area contributed by atoms with E-state index in [9.17, 15) is 9.59 Å². The summed E-state index contributed by atoms with van der Waals surface area (Å²) >= 11 is 6.38. The summed E-state index contributed by atoms with van der Waals surface area (Å²) in [5, 5.41) is 3.22. The Kier molecular flexibility index (Phi) is 6.57. The molecule has 2 aromatic carbocycles. The van der Waals surface area contributed by atoms with Crippen LogP contribution in [0.3, 0.4) is 0 Å². The molecule has 3 rings (SSSR count). The molecule has 1 aliphatic rings. The Hall–Kier alpha value is -2.53. The molecule has 0 aromatic heterocycles. The zero-order chi connectivity index (χ0) is 20.1. The Bertz CT molecular complexity index is 851. The highest BCUT2D eigenvalue weighted by atomic mass is 35.5. The lowest BCUT2D eigenvalue weighted by Gasteiger charge is -2.19. The van der Waals surface area contributed by atoms with E-state index in [2.05, 4.69) is 12.2 Å². The smallest absolute Gasteiger partial charge is 0.254 e. The first-order valence-electron chi connectivity index (χ1n) is 9.60. The molecule has 1 N–H and O–H groups in total. The quantitative estimate of drug-likeness (QED) is 0.657. The van der Waals surface area contributed by atoms with Gasteiger partial charge in [-0.25, -0.2) is 0 Å². The van der Waals surface area contributed by atoms with Gasteiger partial charge < -0.3 is 15.0 Å². The summed E-state index contributed by atoms with van der Waals surface area (Å²) in [7, 11) is 0. The number of nitrogens with one attached hydrogen (secondary N) is 1. The van der Waals surface area contributed by atoms with Crippen molar-refractivity contribution in [3.8, 4) is 5.75 Å². The second-order valence-electron chi connectivity index (χ2n) is 6.94. The summed E-state index contributed by atoms with van der Waals surface area (Å²) in [5.74, 6) is 0.385. The van der Waals surface area contributed by atoms with Gasteiger partial charge in [-0.05, 0) is 30.2 Å². The number of halogens is 1. The molecular weight excluding hydrogens is 376 g/mol. The fraction of sp³-hybridized carbons (Fsp3) is 0.364. The minimum absolute atomic E-state index is 0.182. The zero-order valence-electron chi connectivity index (χ0n) is 16.2. The molecule has 28 heavy (non-hydrogen) atoms. The number of benzene rings is 2. The van der Waals surface area contributed by atoms with Crippen LogP contribution in [0.15, 0.2) is 42.5 Å². The Balaban J connectivity index is 1.75. The van der Waals surface area contributed by atoms with Crippen molar-refractivity contribution in [1.82, 2.24) is 5.32 Å². The van der Waals surface area contributed by atoms with E-state index in [0.29, 0.717) is 23.9 Å². The molecule has 148 valence electrons. The van der Waals surface area contributed by atoms with Crippen molar-refractivity contribution in [2.45, 2.75) is 45.7 Å². The maximum atomic E-state index is 13.0. The molecule has 1 atom stereocenters. The summed E-state index contributed by atoms with van der Waals surface area (Å²) in [6.07, 6.45) is 3.36. The summed E-state index contributed by atoms with van der Waals surface area (Å²) in [6, 6.07) is 12.4. The van der Waals surface area contributed by atoms with Crippen molar-refractivity contribution in [2.75, 3.05) is 11.5 Å². The molecule has 0 saturated heterocycles. The number of ether oxygens (including phenoxy) is 1. The fourth-order valence-electron chi connectivity index (χ4n) is 3.36. The van der Waals surface area contributed by atoms with Crippen molar-refractivity contribution in [3.05, 3.63) is 58.6 Å². The number of unbranched alkanes of at least 4 members (excludes halogenated alkanes) is 2. The van der Waals surface area contributed by atoms with Gasteiger partial charge in [-0.15, -0.1) is 0 Å². The van der Waals surface area contributed by atoms with E-state index < -0.39 is 6.04 Å². The summed E-state index contributed by atoms with van der Waals surface area (Å²) in [4.78, 5) is 26.1. The van der Waals surface area contributed by atoms with Crippen LogP contribution in [-0.4, -0.2) is 18.4 Å². The average Bonchev–Trinajstić information content (AvgIpc) is 2.93. The van der Waals surface area contributed by atoms with Gasteiger partial charge in [0.1, 0.15) is 11.8 Å². The van der Waals surface area contributed by atoms with Crippen LogP contribution < -0.4 is 15.0 Å². The third kappa shape index (κ3) is 4.47. The van der Waals surface area contributed by atoms with Crippen molar-refractivity contribution < 1.29 is 14.3 Å². The van der Waals surface area contributed by atoms with Crippen LogP contribution in [0.5, 0.6) is 5.75 Å². The fourth-order valence-corrected chi connectivity index (χ4v) is 3.65. The van der Waals surface area contributed by atoms with Crippen LogP contribution in [0.2, 0.25) is 5.02 Å². The monoisotopic (exact) mass is 400 g/mol. The molecule has 0 unspecified atom stereocenters. The Labute approximate surface area is 170 Å². The Morgan fingerprint density at radius 2 is 1.93 bits per heavy atom. The molecule has 0 spiro atoms. The van der Waals surface area contributed by atoms with Crippen LogP contribution in [0.25, 0.3) is 0 Å². The number of fused-ring (bicyclic) bond motifs is 1. The van der Waals surface area contributed by atoms with E-state index in [1.807, 2.05) is 30.3 Å². The van der Waals surface area contributed by atoms with E-state index in [0.717, 1.165) is 36.1 Å². The number of hydrogen-bond donors (Lipinski definition) is 1. The van der Waals surface area contributed by atoms with Crippen molar-refractivity contribution in [2.24, 2.45) is 0 Å². The minimum atomic E-state index is -0.702. The number of nitrogens with zero attached hydrogens (tertiary/aromatic N) is 1. The highest BCUT2D eigenvalue weighted by Gasteiger charge is 2.39. The first-order chi connectivity index (χ1) is 13.5. The number of carbonyl (C=O) groups is 2. The Morgan fingerprint density at radius 3 is 2.61 bits per heavy atom. The van der Waals surface area contributed by atoms with E-state index in [-0.39, 0.29) is 11.8 Å². The predicted octanol–water partition coefficient (Wildman–Crippen LogP) is 4.63. The van der Waals surface area contributed by atoms with Crippen LogP contribution >= 0.6 is 11.6 Å². The number of anilines is 1. The molecule has 0 saturated carbocycles. The molecular formula is C22H25ClN2O3. The molecule has 0 aliphatic carbocycles. The van der Waals surface area contributed by atoms with Crippen LogP contribution in [-0.2, 0) is 16.1 Å². The first-order valence-corrected chi connectivity index (χ1v) is 9.97. The van der Waals surface area contributed by atoms with Gasteiger partial charge in [0.2, 0.25) is 5.91 Å². The van der Waals surface area contributed by atoms with E-state index >= 15 is 0 Å². The number of para-hydroxylation sites is 1. The number of amides is 2. The largest absolute Gasteiger partial charge is 0.494 e. The van der Waals surface area contributed by atoms with Gasteiger partial charge in [-0.1, -0.05) is 55.6 Å². The van der Waals surface area contributed by atoms with Crippen LogP contribution in [0, 0.1) is 0 Å². The lowest BCUT2D eigenvalue weighted by atomic mass is 10.1. The van der Waals surface area contributed by atoms with Gasteiger partial charge in [0, 0.05) is 12.5 Å². The number of carbonyl (C=O) groups excluding carboxylic acids is 2. The topological polar surface area (TPSA) is 58.6 Å². The van der Waals surface area contributed by atoms with Crippen molar-refractivity contribution in [3.63, 3.8) is 0 Å². The molecule has 0 bridgehead atoms. The summed E-state index contributed by atoms with van der Waals surface area (Å²) < 4.78 is 5.74. The zero-order valence-corrected chi connectivity index (χ0v) is 17.0. The molecule has 2 aromatic rings. The van der Waals surface area contributed by atoms with Gasteiger partial charge >= 0.3 is 0 Å². The van der Waals surface area contributed by atoms with Crippen molar-refractivity contribution in [1.29, 1.82) is 0 Å². The SMILES string of the molecule is CCCCCOc1ccc(CN2C(=O)[C@@H](NC(C)=O)c3cccc(Cl)c32)cc1. The molecule has 5 nitrogen and oxygen atoms in total. The second-order valence-corrected chi connectivity index (χ2v) is 7.34. The van der Waals surface area contributed by atoms with Gasteiger partial charge in [-0.3, -0.25) is 9.59 Å². The molecule has 1 heterocycles. The minimum Gasteiger partial charge on any atom is -0.494 e. The second kappa shape index (κ2) is 9.11. The Morgan fingerprint density at radius 1 is 1.18 bits per heavy atom. The lowest BCUT2D eigenvalue weighted by molar-refractivity contribution is -0.126. The molecule has 0 fully saturated rings. The first kappa shape index (κ1) is 20.2. The molecule has 0 radical (unpaired) electrons. The average molecular weight is 401 g/mol. The van der Waals surface area contributed by atoms with Gasteiger partial charge in [-0.2, -0.15) is 0 Å². The van der Waals surface area contributed by atoms with Crippen LogP contribution in [0.4, 0.5) is 5.69 Å². The van der Waals surface area contributed by atoms with E-state index in [1.54, 1.807) is 17.0 Å². The van der Waals surface area contributed by atoms with Gasteiger partial charge in [0.05, 0.1) is 23.9 Å². The lowest BCUT2D eigenvalue weighted by Crippen LogP contribution is -2.36. The third-order valence-electron chi connectivity index (χ3n) is 4.74. The molecule has 1 aliphatic heterocycles. The maximum absolute atomic E-state index is 13.0. The van der Waals surface area contributed by atoms with E-state index in [1.165, 1.54) is 6.92 Å². The normalized spacial score (nSPS) is 15.5. The number of hydrogen-bond acceptors (Lipinski definition) is 3. The van der Waals surface area contributed by atoms with E-state index in [4.69, 9.17) is 16.3 Å². The summed E-state index contributed by atoms with van der Waals surface area (Å²) in [6.45, 7) is 4.65. The van der Waals surface area contributed by atoms with Gasteiger partial charge in [0.25, 0.3) is 5.91 Å². The highest BCUT2D eigenvalue weighted by molar-refractivity contribution is 6.34. The highest BCUT2D eigenvalue weighted by Crippen LogP contribution is 2.41. The molecule has 2 amide bonds. The maximum Gasteiger partial charge on any atom is 0.254 e. The predicted molar refractivity (Wildman–Crippen MR) is 111 cm³/mol. The standard InChI is InChI=1S/C22H25ClN2O3/c1-3-4-5-13-28-17-11-9-16(10-12-17)14-25-21-18(7-6-8-19(21)23)20(22(25)27)24-15(2)26/h6-12,20H,3-5,13-14H2,1-2H3,(H,24,26)/t20-/m0/s1. The number of rotatable bonds is 8. The summed E-state index contributed by atoms with van der Waals surface area (Å²) in [5.41, 5.74) is 2.35. The van der Waals surface area contributed by atoms with Crippen molar-refractivity contribution >= 4 is 29.1 Å².